The molecule has 0 aromatic heterocycles. The van der Waals surface area contributed by atoms with E-state index in [1.165, 1.54) is 6.08 Å². The highest BCUT2D eigenvalue weighted by atomic mass is 16.5. The number of carbonyl (C=O) groups is 2. The van der Waals surface area contributed by atoms with Crippen LogP contribution in [0.2, 0.25) is 0 Å². The molecule has 0 radical (unpaired) electrons. The molecule has 152 valence electrons. The summed E-state index contributed by atoms with van der Waals surface area (Å²) in [4.78, 5) is 27.2. The van der Waals surface area contributed by atoms with E-state index in [1.54, 1.807) is 56.7 Å². The lowest BCUT2D eigenvalue weighted by Crippen LogP contribution is -2.36. The standard InChI is InChI=1S/C23H26N2O4/c1-28-18-14-17(15-19(16-18)29-2)10-11-22(26)24-21-9-5-4-8-20(21)23(27)25-12-6-3-7-13-25/h4-5,8-11,14-16H,3,6-7,12-13H2,1-2H3,(H,24,26)/b11-10+. The van der Waals surface area contributed by atoms with Gasteiger partial charge in [-0.1, -0.05) is 12.1 Å². The van der Waals surface area contributed by atoms with Gasteiger partial charge in [-0.15, -0.1) is 0 Å². The highest BCUT2D eigenvalue weighted by molar-refractivity contribution is 6.07. The number of piperidine rings is 1. The molecule has 29 heavy (non-hydrogen) atoms. The summed E-state index contributed by atoms with van der Waals surface area (Å²) in [7, 11) is 3.15. The van der Waals surface area contributed by atoms with Crippen LogP contribution in [-0.4, -0.2) is 44.0 Å². The minimum atomic E-state index is -0.314. The van der Waals surface area contributed by atoms with Crippen molar-refractivity contribution in [3.63, 3.8) is 0 Å². The Labute approximate surface area is 171 Å². The molecule has 2 aromatic rings. The lowest BCUT2D eigenvalue weighted by molar-refractivity contribution is -0.111. The summed E-state index contributed by atoms with van der Waals surface area (Å²) >= 11 is 0. The second-order valence-electron chi connectivity index (χ2n) is 6.87. The highest BCUT2D eigenvalue weighted by Crippen LogP contribution is 2.24. The van der Waals surface area contributed by atoms with Gasteiger partial charge >= 0.3 is 0 Å². The van der Waals surface area contributed by atoms with Crippen molar-refractivity contribution in [2.24, 2.45) is 0 Å². The van der Waals surface area contributed by atoms with E-state index in [1.807, 2.05) is 11.0 Å². The van der Waals surface area contributed by atoms with Gasteiger partial charge in [-0.05, 0) is 55.2 Å². The summed E-state index contributed by atoms with van der Waals surface area (Å²) in [6.07, 6.45) is 6.30. The summed E-state index contributed by atoms with van der Waals surface area (Å²) in [5.74, 6) is 0.927. The Morgan fingerprint density at radius 2 is 1.62 bits per heavy atom. The Kier molecular flexibility index (Phi) is 6.89. The molecule has 2 aromatic carbocycles. The first-order chi connectivity index (χ1) is 14.1. The fourth-order valence-electron chi connectivity index (χ4n) is 3.32. The molecule has 0 atom stereocenters. The molecule has 1 aliphatic rings. The number of hydrogen-bond acceptors (Lipinski definition) is 4. The maximum Gasteiger partial charge on any atom is 0.255 e. The average Bonchev–Trinajstić information content (AvgIpc) is 2.78. The summed E-state index contributed by atoms with van der Waals surface area (Å²) in [6.45, 7) is 1.53. The van der Waals surface area contributed by atoms with Gasteiger partial charge in [0, 0.05) is 25.2 Å². The Morgan fingerprint density at radius 1 is 0.966 bits per heavy atom. The molecule has 1 heterocycles. The van der Waals surface area contributed by atoms with Gasteiger partial charge in [0.25, 0.3) is 5.91 Å². The number of nitrogens with one attached hydrogen (secondary N) is 1. The van der Waals surface area contributed by atoms with Gasteiger partial charge in [-0.2, -0.15) is 0 Å². The third-order valence-electron chi connectivity index (χ3n) is 4.86. The molecular weight excluding hydrogens is 368 g/mol. The fourth-order valence-corrected chi connectivity index (χ4v) is 3.32. The van der Waals surface area contributed by atoms with Crippen molar-refractivity contribution in [1.82, 2.24) is 4.90 Å². The van der Waals surface area contributed by atoms with E-state index in [2.05, 4.69) is 5.32 Å². The van der Waals surface area contributed by atoms with Crippen LogP contribution in [0.3, 0.4) is 0 Å². The topological polar surface area (TPSA) is 67.9 Å². The van der Waals surface area contributed by atoms with Crippen molar-refractivity contribution in [3.8, 4) is 11.5 Å². The van der Waals surface area contributed by atoms with E-state index in [-0.39, 0.29) is 11.8 Å². The number of benzene rings is 2. The number of ether oxygens (including phenoxy) is 2. The third-order valence-corrected chi connectivity index (χ3v) is 4.86. The number of carbonyl (C=O) groups excluding carboxylic acids is 2. The van der Waals surface area contributed by atoms with Crippen LogP contribution in [0.25, 0.3) is 6.08 Å². The summed E-state index contributed by atoms with van der Waals surface area (Å²) in [5.41, 5.74) is 1.80. The van der Waals surface area contributed by atoms with Gasteiger partial charge in [0.2, 0.25) is 5.91 Å². The first-order valence-electron chi connectivity index (χ1n) is 9.71. The predicted molar refractivity (Wildman–Crippen MR) is 113 cm³/mol. The Bertz CT molecular complexity index is 879. The monoisotopic (exact) mass is 394 g/mol. The molecule has 0 saturated carbocycles. The van der Waals surface area contributed by atoms with Gasteiger partial charge in [-0.3, -0.25) is 9.59 Å². The molecule has 1 fully saturated rings. The van der Waals surface area contributed by atoms with Crippen LogP contribution in [0.5, 0.6) is 11.5 Å². The van der Waals surface area contributed by atoms with Gasteiger partial charge in [-0.25, -0.2) is 0 Å². The molecule has 2 amide bonds. The van der Waals surface area contributed by atoms with Crippen LogP contribution < -0.4 is 14.8 Å². The minimum absolute atomic E-state index is 0.0397. The number of nitrogens with zero attached hydrogens (tertiary/aromatic N) is 1. The van der Waals surface area contributed by atoms with Gasteiger partial charge < -0.3 is 19.7 Å². The first-order valence-corrected chi connectivity index (χ1v) is 9.71. The lowest BCUT2D eigenvalue weighted by Gasteiger charge is -2.27. The Morgan fingerprint density at radius 3 is 2.28 bits per heavy atom. The van der Waals surface area contributed by atoms with Crippen LogP contribution in [0.4, 0.5) is 5.69 Å². The van der Waals surface area contributed by atoms with Crippen molar-refractivity contribution in [3.05, 3.63) is 59.7 Å². The predicted octanol–water partition coefficient (Wildman–Crippen LogP) is 3.98. The van der Waals surface area contributed by atoms with Crippen molar-refractivity contribution in [2.75, 3.05) is 32.6 Å². The average molecular weight is 394 g/mol. The number of methoxy groups -OCH3 is 2. The van der Waals surface area contributed by atoms with Crippen LogP contribution in [-0.2, 0) is 4.79 Å². The Hall–Kier alpha value is -3.28. The molecule has 6 heteroatoms. The molecule has 1 N–H and O–H groups in total. The van der Waals surface area contributed by atoms with Crippen LogP contribution in [0.15, 0.2) is 48.5 Å². The van der Waals surface area contributed by atoms with Crippen LogP contribution in [0.1, 0.15) is 35.2 Å². The number of hydrogen-bond donors (Lipinski definition) is 1. The first kappa shape index (κ1) is 20.5. The quantitative estimate of drug-likeness (QED) is 0.753. The molecule has 3 rings (SSSR count). The minimum Gasteiger partial charge on any atom is -0.497 e. The lowest BCUT2D eigenvalue weighted by atomic mass is 10.1. The van der Waals surface area contributed by atoms with E-state index < -0.39 is 0 Å². The number of anilines is 1. The number of likely N-dealkylation sites (tertiary alicyclic amines) is 1. The molecule has 0 aliphatic carbocycles. The zero-order valence-corrected chi connectivity index (χ0v) is 16.8. The molecule has 1 saturated heterocycles. The van der Waals surface area contributed by atoms with E-state index in [0.717, 1.165) is 37.9 Å². The number of amides is 2. The molecule has 0 spiro atoms. The summed E-state index contributed by atoms with van der Waals surface area (Å²) < 4.78 is 10.5. The maximum absolute atomic E-state index is 12.9. The second kappa shape index (κ2) is 9.78. The number of rotatable bonds is 6. The summed E-state index contributed by atoms with van der Waals surface area (Å²) in [6, 6.07) is 12.5. The van der Waals surface area contributed by atoms with Crippen molar-refractivity contribution < 1.29 is 19.1 Å². The van der Waals surface area contributed by atoms with E-state index in [9.17, 15) is 9.59 Å². The Balaban J connectivity index is 1.73. The van der Waals surface area contributed by atoms with E-state index in [4.69, 9.17) is 9.47 Å². The van der Waals surface area contributed by atoms with Crippen molar-refractivity contribution >= 4 is 23.6 Å². The largest absolute Gasteiger partial charge is 0.497 e. The number of para-hydroxylation sites is 1. The van der Waals surface area contributed by atoms with Crippen molar-refractivity contribution in [1.29, 1.82) is 0 Å². The smallest absolute Gasteiger partial charge is 0.255 e. The SMILES string of the molecule is COc1cc(/C=C/C(=O)Nc2ccccc2C(=O)N2CCCCC2)cc(OC)c1. The van der Waals surface area contributed by atoms with Crippen molar-refractivity contribution in [2.45, 2.75) is 19.3 Å². The molecular formula is C23H26N2O4. The molecule has 6 nitrogen and oxygen atoms in total. The zero-order chi connectivity index (χ0) is 20.6. The van der Waals surface area contributed by atoms with Crippen LogP contribution >= 0.6 is 0 Å². The van der Waals surface area contributed by atoms with E-state index >= 15 is 0 Å². The normalized spacial score (nSPS) is 13.9. The zero-order valence-electron chi connectivity index (χ0n) is 16.8. The fraction of sp³-hybridized carbons (Fsp3) is 0.304. The van der Waals surface area contributed by atoms with Gasteiger partial charge in [0.05, 0.1) is 25.5 Å². The molecule has 1 aliphatic heterocycles. The second-order valence-corrected chi connectivity index (χ2v) is 6.87. The molecule has 0 unspecified atom stereocenters. The van der Waals surface area contributed by atoms with Crippen LogP contribution in [0, 0.1) is 0 Å². The molecule has 0 bridgehead atoms. The van der Waals surface area contributed by atoms with E-state index in [0.29, 0.717) is 22.7 Å². The van der Waals surface area contributed by atoms with Gasteiger partial charge in [0.15, 0.2) is 0 Å². The maximum atomic E-state index is 12.9. The highest BCUT2D eigenvalue weighted by Gasteiger charge is 2.20. The van der Waals surface area contributed by atoms with Gasteiger partial charge in [0.1, 0.15) is 11.5 Å². The summed E-state index contributed by atoms with van der Waals surface area (Å²) in [5, 5.41) is 2.82. The third kappa shape index (κ3) is 5.38.